The topological polar surface area (TPSA) is 68.2 Å². The zero-order chi connectivity index (χ0) is 9.68. The normalized spacial score (nSPS) is 33.9. The molecule has 0 bridgehead atoms. The Morgan fingerprint density at radius 3 is 2.77 bits per heavy atom. The molecule has 2 N–H and O–H groups in total. The number of methoxy groups -OCH3 is 1. The first-order valence-electron chi connectivity index (χ1n) is 4.18. The first-order valence-corrected chi connectivity index (χ1v) is 4.18. The van der Waals surface area contributed by atoms with Gasteiger partial charge in [0.2, 0.25) is 0 Å². The van der Waals surface area contributed by atoms with Crippen LogP contribution in [0.3, 0.4) is 0 Å². The molecule has 0 aromatic carbocycles. The van der Waals surface area contributed by atoms with Crippen molar-refractivity contribution in [3.8, 4) is 0 Å². The molecule has 0 aliphatic carbocycles. The quantitative estimate of drug-likeness (QED) is 0.542. The summed E-state index contributed by atoms with van der Waals surface area (Å²) in [6, 6.07) is 0. The van der Waals surface area contributed by atoms with E-state index in [0.717, 1.165) is 0 Å². The van der Waals surface area contributed by atoms with E-state index >= 15 is 0 Å². The van der Waals surface area contributed by atoms with Crippen LogP contribution >= 0.6 is 0 Å². The van der Waals surface area contributed by atoms with Gasteiger partial charge in [-0.1, -0.05) is 0 Å². The molecular weight excluding hydrogens is 176 g/mol. The zero-order valence-corrected chi connectivity index (χ0v) is 7.55. The van der Waals surface area contributed by atoms with Crippen LogP contribution in [0.1, 0.15) is 0 Å². The molecule has 13 heavy (non-hydrogen) atoms. The summed E-state index contributed by atoms with van der Waals surface area (Å²) >= 11 is 0. The number of aliphatic hydroxyl groups excluding tert-OH is 2. The monoisotopic (exact) mass is 191 g/mol. The molecule has 77 valence electrons. The Labute approximate surface area is 77.2 Å². The fraction of sp³-hybridized carbons (Fsp3) is 0.875. The maximum atomic E-state index is 9.47. The highest BCUT2D eigenvalue weighted by Crippen LogP contribution is 2.20. The van der Waals surface area contributed by atoms with Crippen LogP contribution in [0.2, 0.25) is 0 Å². The Morgan fingerprint density at radius 1 is 1.46 bits per heavy atom. The molecule has 0 aromatic heterocycles. The Balaban J connectivity index is 2.20. The van der Waals surface area contributed by atoms with Crippen molar-refractivity contribution in [2.24, 2.45) is 0 Å². The van der Waals surface area contributed by atoms with Crippen LogP contribution in [0.4, 0.5) is 0 Å². The lowest BCUT2D eigenvalue weighted by molar-refractivity contribution is -0.0380. The molecule has 5 heteroatoms. The summed E-state index contributed by atoms with van der Waals surface area (Å²) in [4.78, 5) is 0. The van der Waals surface area contributed by atoms with Crippen LogP contribution in [0, 0.1) is 6.61 Å². The molecule has 0 unspecified atom stereocenters. The van der Waals surface area contributed by atoms with E-state index in [9.17, 15) is 5.11 Å². The number of hydrogen-bond acceptors (Lipinski definition) is 5. The van der Waals surface area contributed by atoms with Gasteiger partial charge in [-0.05, 0) is 0 Å². The first-order chi connectivity index (χ1) is 6.29. The summed E-state index contributed by atoms with van der Waals surface area (Å²) in [5.41, 5.74) is 0. The van der Waals surface area contributed by atoms with E-state index in [4.69, 9.17) is 19.3 Å². The number of rotatable bonds is 5. The van der Waals surface area contributed by atoms with Gasteiger partial charge in [-0.25, -0.2) is 0 Å². The van der Waals surface area contributed by atoms with Gasteiger partial charge in [0.25, 0.3) is 0 Å². The van der Waals surface area contributed by atoms with E-state index in [-0.39, 0.29) is 6.61 Å². The summed E-state index contributed by atoms with van der Waals surface area (Å²) in [5.74, 6) is 0. The highest BCUT2D eigenvalue weighted by atomic mass is 16.6. The number of hydrogen-bond donors (Lipinski definition) is 2. The average Bonchev–Trinajstić information content (AvgIpc) is 2.48. The lowest BCUT2D eigenvalue weighted by Crippen LogP contribution is -2.34. The lowest BCUT2D eigenvalue weighted by Gasteiger charge is -2.15. The fourth-order valence-electron chi connectivity index (χ4n) is 1.11. The van der Waals surface area contributed by atoms with E-state index in [1.807, 2.05) is 0 Å². The fourth-order valence-corrected chi connectivity index (χ4v) is 1.11. The van der Waals surface area contributed by atoms with E-state index in [1.54, 1.807) is 7.11 Å². The third kappa shape index (κ3) is 2.89. The van der Waals surface area contributed by atoms with Crippen molar-refractivity contribution < 1.29 is 24.4 Å². The van der Waals surface area contributed by atoms with Crippen molar-refractivity contribution in [2.75, 3.05) is 26.9 Å². The minimum Gasteiger partial charge on any atom is -0.394 e. The van der Waals surface area contributed by atoms with E-state index in [2.05, 4.69) is 0 Å². The van der Waals surface area contributed by atoms with Crippen LogP contribution in [0.15, 0.2) is 0 Å². The maximum Gasteiger partial charge on any atom is 0.116 e. The standard InChI is InChI=1S/C8H15O5/c1-11-2-3-12-7-5-13-6(4-9)8(7)10/h5-10H,2-4H2,1H3/t6-,7+,8-/m1/s1. The van der Waals surface area contributed by atoms with Crippen LogP contribution in [0.25, 0.3) is 0 Å². The zero-order valence-electron chi connectivity index (χ0n) is 7.55. The van der Waals surface area contributed by atoms with Gasteiger partial charge in [-0.15, -0.1) is 0 Å². The third-order valence-corrected chi connectivity index (χ3v) is 1.88. The first kappa shape index (κ1) is 10.9. The summed E-state index contributed by atoms with van der Waals surface area (Å²) < 4.78 is 15.0. The Bertz CT molecular complexity index is 140. The van der Waals surface area contributed by atoms with Crippen LogP contribution in [-0.4, -0.2) is 55.5 Å². The molecule has 1 fully saturated rings. The molecule has 0 spiro atoms. The van der Waals surface area contributed by atoms with Crippen LogP contribution in [0.5, 0.6) is 0 Å². The van der Waals surface area contributed by atoms with Gasteiger partial charge < -0.3 is 24.4 Å². The van der Waals surface area contributed by atoms with Gasteiger partial charge >= 0.3 is 0 Å². The molecule has 1 rings (SSSR count). The van der Waals surface area contributed by atoms with Crippen molar-refractivity contribution in [3.05, 3.63) is 6.61 Å². The van der Waals surface area contributed by atoms with Crippen molar-refractivity contribution in [1.29, 1.82) is 0 Å². The van der Waals surface area contributed by atoms with Crippen LogP contribution < -0.4 is 0 Å². The van der Waals surface area contributed by atoms with Gasteiger partial charge in [0.1, 0.15) is 24.9 Å². The molecule has 1 saturated heterocycles. The molecule has 5 nitrogen and oxygen atoms in total. The minimum atomic E-state index is -0.790. The summed E-state index contributed by atoms with van der Waals surface area (Å²) in [7, 11) is 1.57. The van der Waals surface area contributed by atoms with Gasteiger partial charge in [0, 0.05) is 7.11 Å². The van der Waals surface area contributed by atoms with Crippen molar-refractivity contribution >= 4 is 0 Å². The lowest BCUT2D eigenvalue weighted by atomic mass is 10.1. The minimum absolute atomic E-state index is 0.207. The highest BCUT2D eigenvalue weighted by molar-refractivity contribution is 4.90. The predicted molar refractivity (Wildman–Crippen MR) is 43.9 cm³/mol. The number of ether oxygens (including phenoxy) is 3. The molecular formula is C8H15O5. The second-order valence-corrected chi connectivity index (χ2v) is 2.81. The predicted octanol–water partition coefficient (Wildman–Crippen LogP) is -1.07. The third-order valence-electron chi connectivity index (χ3n) is 1.88. The number of aliphatic hydroxyl groups is 2. The SMILES string of the molecule is COCCO[C@H]1[CH]O[C@H](CO)[C@H]1O. The largest absolute Gasteiger partial charge is 0.394 e. The molecule has 1 heterocycles. The van der Waals surface area contributed by atoms with Gasteiger partial charge in [0.05, 0.1) is 19.8 Å². The van der Waals surface area contributed by atoms with E-state index in [1.165, 1.54) is 6.61 Å². The molecule has 1 aliphatic heterocycles. The molecule has 1 aliphatic rings. The average molecular weight is 191 g/mol. The second kappa shape index (κ2) is 5.51. The summed E-state index contributed by atoms with van der Waals surface area (Å²) in [6.45, 7) is 2.07. The summed E-state index contributed by atoms with van der Waals surface area (Å²) in [6.07, 6.45) is -1.82. The Kier molecular flexibility index (Phi) is 4.61. The van der Waals surface area contributed by atoms with Gasteiger partial charge in [-0.3, -0.25) is 0 Å². The molecule has 0 amide bonds. The van der Waals surface area contributed by atoms with Gasteiger partial charge in [0.15, 0.2) is 0 Å². The van der Waals surface area contributed by atoms with Crippen molar-refractivity contribution in [1.82, 2.24) is 0 Å². The molecule has 0 saturated carbocycles. The Morgan fingerprint density at radius 2 is 2.23 bits per heavy atom. The second-order valence-electron chi connectivity index (χ2n) is 2.81. The maximum absolute atomic E-state index is 9.47. The van der Waals surface area contributed by atoms with Crippen molar-refractivity contribution in [2.45, 2.75) is 18.3 Å². The van der Waals surface area contributed by atoms with Crippen molar-refractivity contribution in [3.63, 3.8) is 0 Å². The molecule has 3 atom stereocenters. The highest BCUT2D eigenvalue weighted by Gasteiger charge is 2.36. The molecule has 1 radical (unpaired) electrons. The van der Waals surface area contributed by atoms with E-state index < -0.39 is 18.3 Å². The summed E-state index contributed by atoms with van der Waals surface area (Å²) in [5, 5.41) is 18.2. The van der Waals surface area contributed by atoms with Gasteiger partial charge in [-0.2, -0.15) is 0 Å². The smallest absolute Gasteiger partial charge is 0.116 e. The molecule has 0 aromatic rings. The van der Waals surface area contributed by atoms with Crippen LogP contribution in [-0.2, 0) is 14.2 Å². The Hall–Kier alpha value is -0.200. The van der Waals surface area contributed by atoms with E-state index in [0.29, 0.717) is 13.2 Å².